The summed E-state index contributed by atoms with van der Waals surface area (Å²) in [4.78, 5) is 25.8. The molecule has 0 saturated carbocycles. The first-order chi connectivity index (χ1) is 14.4. The molecule has 2 heterocycles. The van der Waals surface area contributed by atoms with E-state index in [9.17, 15) is 14.2 Å². The zero-order valence-corrected chi connectivity index (χ0v) is 17.8. The minimum Gasteiger partial charge on any atom is -0.413 e. The molecule has 10 heteroatoms. The van der Waals surface area contributed by atoms with E-state index in [4.69, 9.17) is 13.8 Å². The quantitative estimate of drug-likeness (QED) is 0.335. The molecule has 1 aromatic heterocycles. The standard InChI is InChI=1S/C20H26N3O6P/c1-3-4-12-21-30(26,29-16-8-6-5-7-9-16)27-14-17-10-11-18(28-17)23-13-15(2)19(24)22-20(23)25/h5-11,13,17-18H,3-4,12,14H2,1-2H3,(H,21,26)(H,22,24,25)/t17-,18+,30?/m0/s1. The molecule has 162 valence electrons. The third-order valence-electron chi connectivity index (χ3n) is 4.44. The second-order valence-electron chi connectivity index (χ2n) is 6.89. The van der Waals surface area contributed by atoms with Crippen molar-refractivity contribution in [3.63, 3.8) is 0 Å². The molecule has 1 unspecified atom stereocenters. The molecule has 0 bridgehead atoms. The normalized spacial score (nSPS) is 20.2. The molecule has 9 nitrogen and oxygen atoms in total. The van der Waals surface area contributed by atoms with Gasteiger partial charge in [-0.15, -0.1) is 0 Å². The number of ether oxygens (including phenoxy) is 1. The predicted octanol–water partition coefficient (Wildman–Crippen LogP) is 2.89. The van der Waals surface area contributed by atoms with E-state index in [1.54, 1.807) is 43.3 Å². The zero-order valence-electron chi connectivity index (χ0n) is 16.9. The molecule has 0 amide bonds. The fraction of sp³-hybridized carbons (Fsp3) is 0.400. The number of unbranched alkanes of at least 4 members (excludes halogenated alkanes) is 1. The smallest absolute Gasteiger partial charge is 0.413 e. The molecular weight excluding hydrogens is 409 g/mol. The second-order valence-corrected chi connectivity index (χ2v) is 8.64. The number of rotatable bonds is 10. The summed E-state index contributed by atoms with van der Waals surface area (Å²) in [5, 5.41) is 2.87. The van der Waals surface area contributed by atoms with E-state index in [1.165, 1.54) is 10.8 Å². The van der Waals surface area contributed by atoms with Gasteiger partial charge in [-0.25, -0.2) is 14.4 Å². The van der Waals surface area contributed by atoms with Gasteiger partial charge < -0.3 is 9.26 Å². The van der Waals surface area contributed by atoms with E-state index < -0.39 is 31.3 Å². The van der Waals surface area contributed by atoms with E-state index in [-0.39, 0.29) is 6.61 Å². The highest BCUT2D eigenvalue weighted by atomic mass is 31.2. The summed E-state index contributed by atoms with van der Waals surface area (Å²) >= 11 is 0. The Morgan fingerprint density at radius 1 is 1.23 bits per heavy atom. The molecule has 1 aromatic carbocycles. The first-order valence-electron chi connectivity index (χ1n) is 9.80. The molecule has 0 radical (unpaired) electrons. The average Bonchev–Trinajstić information content (AvgIpc) is 3.19. The molecular formula is C20H26N3O6P. The van der Waals surface area contributed by atoms with Crippen LogP contribution in [0.5, 0.6) is 5.75 Å². The van der Waals surface area contributed by atoms with Crippen molar-refractivity contribution >= 4 is 7.75 Å². The van der Waals surface area contributed by atoms with Gasteiger partial charge in [0.25, 0.3) is 5.56 Å². The van der Waals surface area contributed by atoms with Crippen LogP contribution < -0.4 is 20.9 Å². The summed E-state index contributed by atoms with van der Waals surface area (Å²) in [6.07, 6.45) is 5.37. The third kappa shape index (κ3) is 5.79. The van der Waals surface area contributed by atoms with Crippen molar-refractivity contribution in [1.82, 2.24) is 14.6 Å². The van der Waals surface area contributed by atoms with Crippen LogP contribution in [0, 0.1) is 6.92 Å². The fourth-order valence-corrected chi connectivity index (χ4v) is 4.19. The maximum atomic E-state index is 13.2. The summed E-state index contributed by atoms with van der Waals surface area (Å²) in [6.45, 7) is 4.08. The molecule has 0 aliphatic carbocycles. The Morgan fingerprint density at radius 3 is 2.73 bits per heavy atom. The number of aryl methyl sites for hydroxylation is 1. The lowest BCUT2D eigenvalue weighted by Gasteiger charge is -2.22. The number of nitrogens with zero attached hydrogens (tertiary/aromatic N) is 1. The summed E-state index contributed by atoms with van der Waals surface area (Å²) in [7, 11) is -3.62. The van der Waals surface area contributed by atoms with Crippen molar-refractivity contribution in [3.05, 3.63) is 75.1 Å². The highest BCUT2D eigenvalue weighted by Gasteiger charge is 2.30. The lowest BCUT2D eigenvalue weighted by atomic mass is 10.3. The van der Waals surface area contributed by atoms with Crippen LogP contribution in [-0.4, -0.2) is 28.8 Å². The topological polar surface area (TPSA) is 112 Å². The van der Waals surface area contributed by atoms with Crippen molar-refractivity contribution in [2.75, 3.05) is 13.2 Å². The summed E-state index contributed by atoms with van der Waals surface area (Å²) in [5.74, 6) is 0.431. The van der Waals surface area contributed by atoms with Crippen molar-refractivity contribution < 1.29 is 18.3 Å². The molecule has 2 N–H and O–H groups in total. The highest BCUT2D eigenvalue weighted by Crippen LogP contribution is 2.44. The van der Waals surface area contributed by atoms with Gasteiger partial charge in [0.15, 0.2) is 6.23 Å². The number of H-pyrrole nitrogens is 1. The second kappa shape index (κ2) is 10.0. The number of aromatic nitrogens is 2. The Hall–Kier alpha value is -2.45. The van der Waals surface area contributed by atoms with Crippen LogP contribution in [-0.2, 0) is 13.8 Å². The van der Waals surface area contributed by atoms with E-state index >= 15 is 0 Å². The van der Waals surface area contributed by atoms with E-state index in [2.05, 4.69) is 10.1 Å². The minimum absolute atomic E-state index is 0.0344. The number of benzene rings is 1. The Kier molecular flexibility index (Phi) is 7.44. The van der Waals surface area contributed by atoms with E-state index in [0.29, 0.717) is 17.9 Å². The monoisotopic (exact) mass is 435 g/mol. The third-order valence-corrected chi connectivity index (χ3v) is 5.99. The van der Waals surface area contributed by atoms with Gasteiger partial charge >= 0.3 is 13.4 Å². The van der Waals surface area contributed by atoms with E-state index in [0.717, 1.165) is 12.8 Å². The van der Waals surface area contributed by atoms with Crippen LogP contribution in [0.4, 0.5) is 0 Å². The zero-order chi connectivity index (χ0) is 21.6. The van der Waals surface area contributed by atoms with Gasteiger partial charge in [0, 0.05) is 18.3 Å². The molecule has 0 fully saturated rings. The fourth-order valence-electron chi connectivity index (χ4n) is 2.81. The molecule has 3 rings (SSSR count). The lowest BCUT2D eigenvalue weighted by molar-refractivity contribution is -0.00733. The van der Waals surface area contributed by atoms with Crippen molar-refractivity contribution in [3.8, 4) is 5.75 Å². The highest BCUT2D eigenvalue weighted by molar-refractivity contribution is 7.52. The molecule has 1 aliphatic heterocycles. The Morgan fingerprint density at radius 2 is 2.00 bits per heavy atom. The van der Waals surface area contributed by atoms with Crippen LogP contribution in [0.2, 0.25) is 0 Å². The molecule has 1 aliphatic rings. The van der Waals surface area contributed by atoms with Gasteiger partial charge in [-0.2, -0.15) is 0 Å². The van der Waals surface area contributed by atoms with Crippen LogP contribution in [0.3, 0.4) is 0 Å². The van der Waals surface area contributed by atoms with E-state index in [1.807, 2.05) is 13.0 Å². The van der Waals surface area contributed by atoms with Crippen LogP contribution >= 0.6 is 7.75 Å². The molecule has 30 heavy (non-hydrogen) atoms. The number of nitrogens with one attached hydrogen (secondary N) is 2. The first-order valence-corrected chi connectivity index (χ1v) is 11.3. The summed E-state index contributed by atoms with van der Waals surface area (Å²) in [5.41, 5.74) is -0.608. The van der Waals surface area contributed by atoms with Crippen molar-refractivity contribution in [2.45, 2.75) is 39.0 Å². The van der Waals surface area contributed by atoms with Gasteiger partial charge in [-0.3, -0.25) is 18.9 Å². The molecule has 2 aromatic rings. The maximum absolute atomic E-state index is 13.2. The van der Waals surface area contributed by atoms with Crippen LogP contribution in [0.1, 0.15) is 31.6 Å². The molecule has 3 atom stereocenters. The number of hydrogen-bond acceptors (Lipinski definition) is 6. The van der Waals surface area contributed by atoms with Gasteiger partial charge in [-0.05, 0) is 31.6 Å². The number of aromatic amines is 1. The van der Waals surface area contributed by atoms with Gasteiger partial charge in [-0.1, -0.05) is 37.6 Å². The van der Waals surface area contributed by atoms with Crippen LogP contribution in [0.25, 0.3) is 0 Å². The van der Waals surface area contributed by atoms with Gasteiger partial charge in [0.05, 0.1) is 6.61 Å². The maximum Gasteiger partial charge on any atom is 0.458 e. The van der Waals surface area contributed by atoms with Gasteiger partial charge in [0.2, 0.25) is 0 Å². The molecule has 0 saturated heterocycles. The predicted molar refractivity (Wildman–Crippen MR) is 113 cm³/mol. The SMILES string of the molecule is CCCCNP(=O)(OC[C@@H]1C=C[C@H](n2cc(C)c(=O)[nH]c2=O)O1)Oc1ccccc1. The summed E-state index contributed by atoms with van der Waals surface area (Å²) in [6, 6.07) is 8.79. The lowest BCUT2D eigenvalue weighted by Crippen LogP contribution is -2.33. The Labute approximate surface area is 174 Å². The minimum atomic E-state index is -3.62. The average molecular weight is 435 g/mol. The Bertz CT molecular complexity index is 1030. The van der Waals surface area contributed by atoms with Gasteiger partial charge in [0.1, 0.15) is 11.9 Å². The molecule has 0 spiro atoms. The Balaban J connectivity index is 1.64. The van der Waals surface area contributed by atoms with Crippen molar-refractivity contribution in [1.29, 1.82) is 0 Å². The van der Waals surface area contributed by atoms with Crippen LogP contribution in [0.15, 0.2) is 58.3 Å². The number of hydrogen-bond donors (Lipinski definition) is 2. The number of para-hydroxylation sites is 1. The van der Waals surface area contributed by atoms with Crippen molar-refractivity contribution in [2.24, 2.45) is 0 Å². The summed E-state index contributed by atoms with van der Waals surface area (Å²) < 4.78 is 31.5. The largest absolute Gasteiger partial charge is 0.458 e. The first kappa shape index (κ1) is 22.2.